The highest BCUT2D eigenvalue weighted by molar-refractivity contribution is 7.16. The summed E-state index contributed by atoms with van der Waals surface area (Å²) in [5, 5.41) is 0. The molecule has 150 valence electrons. The van der Waals surface area contributed by atoms with E-state index >= 15 is 0 Å². The Balaban J connectivity index is 1.92. The number of carbonyl (C=O) groups is 2. The Morgan fingerprint density at radius 1 is 1.07 bits per heavy atom. The lowest BCUT2D eigenvalue weighted by atomic mass is 10.2. The first-order valence-corrected chi connectivity index (χ1v) is 9.51. The van der Waals surface area contributed by atoms with Gasteiger partial charge in [0.25, 0.3) is 5.91 Å². The Labute approximate surface area is 171 Å². The average Bonchev–Trinajstić information content (AvgIpc) is 3.08. The number of carbonyl (C=O) groups excluding carboxylic acids is 2. The Morgan fingerprint density at radius 2 is 1.83 bits per heavy atom. The highest BCUT2D eigenvalue weighted by Crippen LogP contribution is 2.28. The number of hydrogen-bond acceptors (Lipinski definition) is 6. The summed E-state index contributed by atoms with van der Waals surface area (Å²) in [6.07, 6.45) is 3.01. The van der Waals surface area contributed by atoms with E-state index in [1.807, 2.05) is 30.3 Å². The molecule has 0 saturated heterocycles. The largest absolute Gasteiger partial charge is 0.493 e. The normalized spacial score (nSPS) is 11.8. The van der Waals surface area contributed by atoms with Crippen LogP contribution in [0.1, 0.15) is 5.56 Å². The molecular formula is C21H20N2O5S. The lowest BCUT2D eigenvalue weighted by Gasteiger charge is -2.07. The molecular weight excluding hydrogens is 392 g/mol. The number of ether oxygens (including phenoxy) is 3. The number of fused-ring (bicyclic) bond motifs is 1. The van der Waals surface area contributed by atoms with Gasteiger partial charge in [0, 0.05) is 6.08 Å². The zero-order chi connectivity index (χ0) is 20.8. The summed E-state index contributed by atoms with van der Waals surface area (Å²) in [5.74, 6) is 0.322. The lowest BCUT2D eigenvalue weighted by molar-refractivity contribution is -0.141. The Morgan fingerprint density at radius 3 is 2.55 bits per heavy atom. The minimum absolute atomic E-state index is 0.0218. The highest BCUT2D eigenvalue weighted by Gasteiger charge is 2.11. The topological polar surface area (TPSA) is 79.1 Å². The van der Waals surface area contributed by atoms with Crippen molar-refractivity contribution in [2.24, 2.45) is 4.99 Å². The van der Waals surface area contributed by atoms with E-state index in [0.29, 0.717) is 16.3 Å². The quantitative estimate of drug-likeness (QED) is 0.459. The third-order valence-corrected chi connectivity index (χ3v) is 5.19. The molecule has 0 unspecified atom stereocenters. The van der Waals surface area contributed by atoms with Gasteiger partial charge < -0.3 is 18.8 Å². The van der Waals surface area contributed by atoms with Gasteiger partial charge in [-0.3, -0.25) is 9.59 Å². The fourth-order valence-electron chi connectivity index (χ4n) is 2.71. The van der Waals surface area contributed by atoms with E-state index in [-0.39, 0.29) is 6.54 Å². The number of rotatable bonds is 6. The van der Waals surface area contributed by atoms with Gasteiger partial charge in [-0.25, -0.2) is 0 Å². The van der Waals surface area contributed by atoms with Gasteiger partial charge in [-0.05, 0) is 35.9 Å². The molecule has 1 heterocycles. The van der Waals surface area contributed by atoms with Gasteiger partial charge in [0.1, 0.15) is 6.54 Å². The number of para-hydroxylation sites is 1. The van der Waals surface area contributed by atoms with Crippen molar-refractivity contribution in [3.63, 3.8) is 0 Å². The summed E-state index contributed by atoms with van der Waals surface area (Å²) >= 11 is 1.33. The molecule has 29 heavy (non-hydrogen) atoms. The number of thiazole rings is 1. The zero-order valence-corrected chi connectivity index (χ0v) is 17.1. The fourth-order valence-corrected chi connectivity index (χ4v) is 3.74. The van der Waals surface area contributed by atoms with E-state index in [1.165, 1.54) is 24.5 Å². The molecule has 0 bridgehead atoms. The number of methoxy groups -OCH3 is 3. The van der Waals surface area contributed by atoms with E-state index in [1.54, 1.807) is 37.0 Å². The maximum Gasteiger partial charge on any atom is 0.325 e. The number of esters is 1. The van der Waals surface area contributed by atoms with E-state index in [9.17, 15) is 9.59 Å². The van der Waals surface area contributed by atoms with Crippen LogP contribution in [-0.4, -0.2) is 37.8 Å². The molecule has 0 N–H and O–H groups in total. The number of benzene rings is 2. The van der Waals surface area contributed by atoms with Crippen molar-refractivity contribution in [2.75, 3.05) is 21.3 Å². The number of aromatic nitrogens is 1. The maximum absolute atomic E-state index is 12.4. The van der Waals surface area contributed by atoms with E-state index < -0.39 is 11.9 Å². The molecule has 0 radical (unpaired) electrons. The molecule has 1 amide bonds. The van der Waals surface area contributed by atoms with Crippen LogP contribution in [0.4, 0.5) is 0 Å². The van der Waals surface area contributed by atoms with Crippen molar-refractivity contribution >= 4 is 39.5 Å². The number of nitrogens with zero attached hydrogens (tertiary/aromatic N) is 2. The second kappa shape index (κ2) is 9.20. The zero-order valence-electron chi connectivity index (χ0n) is 16.2. The maximum atomic E-state index is 12.4. The van der Waals surface area contributed by atoms with Crippen LogP contribution in [0.15, 0.2) is 53.5 Å². The Hall–Kier alpha value is -3.39. The molecule has 3 aromatic rings. The van der Waals surface area contributed by atoms with Gasteiger partial charge in [0.2, 0.25) is 0 Å². The molecule has 0 spiro atoms. The SMILES string of the molecule is COC(=O)Cn1c(=NC(=O)/C=C\c2ccc(OC)c(OC)c2)sc2ccccc21. The monoisotopic (exact) mass is 412 g/mol. The first-order valence-electron chi connectivity index (χ1n) is 8.69. The third-order valence-electron chi connectivity index (χ3n) is 4.13. The van der Waals surface area contributed by atoms with Crippen LogP contribution in [0.25, 0.3) is 16.3 Å². The van der Waals surface area contributed by atoms with Crippen molar-refractivity contribution in [1.29, 1.82) is 0 Å². The fraction of sp³-hybridized carbons (Fsp3) is 0.190. The van der Waals surface area contributed by atoms with Gasteiger partial charge in [-0.1, -0.05) is 29.5 Å². The van der Waals surface area contributed by atoms with E-state index in [0.717, 1.165) is 15.8 Å². The number of amides is 1. The van der Waals surface area contributed by atoms with Crippen molar-refractivity contribution in [3.05, 3.63) is 58.9 Å². The van der Waals surface area contributed by atoms with Crippen LogP contribution in [0.5, 0.6) is 11.5 Å². The Bertz CT molecular complexity index is 1140. The van der Waals surface area contributed by atoms with Crippen LogP contribution >= 0.6 is 11.3 Å². The molecule has 0 aliphatic rings. The first kappa shape index (κ1) is 20.3. The van der Waals surface area contributed by atoms with Gasteiger partial charge in [0.15, 0.2) is 16.3 Å². The number of hydrogen-bond donors (Lipinski definition) is 0. The van der Waals surface area contributed by atoms with E-state index in [2.05, 4.69) is 4.99 Å². The summed E-state index contributed by atoms with van der Waals surface area (Å²) in [6, 6.07) is 12.9. The smallest absolute Gasteiger partial charge is 0.325 e. The lowest BCUT2D eigenvalue weighted by Crippen LogP contribution is -2.22. The Kier molecular flexibility index (Phi) is 6.46. The average molecular weight is 412 g/mol. The van der Waals surface area contributed by atoms with Gasteiger partial charge in [-0.2, -0.15) is 4.99 Å². The minimum Gasteiger partial charge on any atom is -0.493 e. The van der Waals surface area contributed by atoms with Crippen LogP contribution in [0.3, 0.4) is 0 Å². The van der Waals surface area contributed by atoms with Crippen LogP contribution in [0.2, 0.25) is 0 Å². The summed E-state index contributed by atoms with van der Waals surface area (Å²) in [5.41, 5.74) is 1.59. The molecule has 0 atom stereocenters. The molecule has 3 rings (SSSR count). The van der Waals surface area contributed by atoms with Crippen molar-refractivity contribution < 1.29 is 23.8 Å². The highest BCUT2D eigenvalue weighted by atomic mass is 32.1. The van der Waals surface area contributed by atoms with Gasteiger partial charge in [0.05, 0.1) is 31.5 Å². The summed E-state index contributed by atoms with van der Waals surface area (Å²) < 4.78 is 17.8. The standard InChI is InChI=1S/C21H20N2O5S/c1-26-16-10-8-14(12-17(16)27-2)9-11-19(24)22-21-23(13-20(25)28-3)15-6-4-5-7-18(15)29-21/h4-12H,13H2,1-3H3/b11-9-,22-21?. The van der Waals surface area contributed by atoms with Gasteiger partial charge in [-0.15, -0.1) is 0 Å². The second-order valence-electron chi connectivity index (χ2n) is 5.91. The molecule has 0 fully saturated rings. The van der Waals surface area contributed by atoms with Crippen molar-refractivity contribution in [1.82, 2.24) is 4.57 Å². The molecule has 1 aromatic heterocycles. The van der Waals surface area contributed by atoms with Crippen molar-refractivity contribution in [2.45, 2.75) is 6.54 Å². The molecule has 0 aliphatic carbocycles. The summed E-state index contributed by atoms with van der Waals surface area (Å²) in [4.78, 5) is 28.8. The molecule has 2 aromatic carbocycles. The molecule has 0 saturated carbocycles. The van der Waals surface area contributed by atoms with Crippen LogP contribution in [-0.2, 0) is 20.9 Å². The van der Waals surface area contributed by atoms with Crippen LogP contribution in [0, 0.1) is 0 Å². The minimum atomic E-state index is -0.440. The molecule has 0 aliphatic heterocycles. The first-order chi connectivity index (χ1) is 14.0. The third kappa shape index (κ3) is 4.72. The van der Waals surface area contributed by atoms with Crippen LogP contribution < -0.4 is 14.3 Å². The predicted molar refractivity (Wildman–Crippen MR) is 111 cm³/mol. The molecule has 8 heteroatoms. The second-order valence-corrected chi connectivity index (χ2v) is 6.92. The van der Waals surface area contributed by atoms with Crippen molar-refractivity contribution in [3.8, 4) is 11.5 Å². The predicted octanol–water partition coefficient (Wildman–Crippen LogP) is 3.03. The van der Waals surface area contributed by atoms with Gasteiger partial charge >= 0.3 is 5.97 Å². The van der Waals surface area contributed by atoms with E-state index in [4.69, 9.17) is 14.2 Å². The summed E-state index contributed by atoms with van der Waals surface area (Å²) in [6.45, 7) is -0.0218. The molecule has 7 nitrogen and oxygen atoms in total. The summed E-state index contributed by atoms with van der Waals surface area (Å²) in [7, 11) is 4.43.